The Morgan fingerprint density at radius 1 is 1.21 bits per heavy atom. The molecule has 0 fully saturated rings. The van der Waals surface area contributed by atoms with E-state index in [1.165, 1.54) is 9.47 Å². The van der Waals surface area contributed by atoms with Crippen molar-refractivity contribution < 1.29 is 4.90 Å². The molecular weight excluding hydrogens is 378 g/mol. The molecule has 0 amide bonds. The van der Waals surface area contributed by atoms with Crippen LogP contribution in [0, 0.1) is 0 Å². The first-order chi connectivity index (χ1) is 13.5. The number of H-pyrrole nitrogens is 1. The van der Waals surface area contributed by atoms with E-state index in [1.807, 2.05) is 28.8 Å². The van der Waals surface area contributed by atoms with Crippen molar-refractivity contribution in [3.8, 4) is 0 Å². The molecule has 8 heteroatoms. The molecule has 2 N–H and O–H groups in total. The summed E-state index contributed by atoms with van der Waals surface area (Å²) in [5.41, 5.74) is 0.835. The van der Waals surface area contributed by atoms with Crippen molar-refractivity contribution in [2.45, 2.75) is 39.8 Å². The average molecular weight is 405 g/mol. The molecule has 1 atom stereocenters. The van der Waals surface area contributed by atoms with Gasteiger partial charge in [-0.15, -0.1) is 0 Å². The van der Waals surface area contributed by atoms with Gasteiger partial charge in [0.05, 0.1) is 19.6 Å². The van der Waals surface area contributed by atoms with Gasteiger partial charge in [0.2, 0.25) is 0 Å². The lowest BCUT2D eigenvalue weighted by Gasteiger charge is -2.18. The lowest BCUT2D eigenvalue weighted by atomic mass is 10.2. The van der Waals surface area contributed by atoms with Crippen LogP contribution < -0.4 is 16.1 Å². The first-order valence-corrected chi connectivity index (χ1v) is 10.1. The third-order valence-electron chi connectivity index (χ3n) is 5.16. The molecule has 150 valence electrons. The van der Waals surface area contributed by atoms with Gasteiger partial charge in [0, 0.05) is 12.1 Å². The zero-order chi connectivity index (χ0) is 20.3. The fourth-order valence-corrected chi connectivity index (χ4v) is 3.62. The molecule has 0 aliphatic rings. The highest BCUT2D eigenvalue weighted by molar-refractivity contribution is 6.31. The monoisotopic (exact) mass is 404 g/mol. The number of nitrogens with one attached hydrogen (secondary N) is 2. The van der Waals surface area contributed by atoms with E-state index in [0.717, 1.165) is 37.3 Å². The fraction of sp³-hybridized carbons (Fsp3) is 0.450. The van der Waals surface area contributed by atoms with Crippen LogP contribution in [0.4, 0.5) is 0 Å². The van der Waals surface area contributed by atoms with E-state index in [0.29, 0.717) is 29.3 Å². The molecule has 0 spiro atoms. The minimum Gasteiger partial charge on any atom is -0.329 e. The first kappa shape index (κ1) is 20.4. The number of aromatic amines is 1. The van der Waals surface area contributed by atoms with Crippen LogP contribution in [-0.4, -0.2) is 32.2 Å². The number of benzene rings is 1. The summed E-state index contributed by atoms with van der Waals surface area (Å²) in [6, 6.07) is 7.57. The van der Waals surface area contributed by atoms with Crippen LogP contribution in [0.25, 0.3) is 11.2 Å². The third-order valence-corrected chi connectivity index (χ3v) is 5.53. The van der Waals surface area contributed by atoms with Crippen molar-refractivity contribution in [3.63, 3.8) is 0 Å². The van der Waals surface area contributed by atoms with Crippen molar-refractivity contribution in [2.75, 3.05) is 13.1 Å². The number of quaternary nitrogens is 1. The standard InChI is InChI=1S/C20H26ClN5O2/c1-4-6-11-25(5-2)13-16-22-18-17(19(27)23-20(28)24(18)3)26(16)12-14-9-7-8-10-15(14)21/h7-10H,4-6,11-13H2,1-3H3,(H,23,27,28)/p+1. The van der Waals surface area contributed by atoms with Crippen molar-refractivity contribution >= 4 is 22.8 Å². The number of unbranched alkanes of at least 4 members (excludes halogenated alkanes) is 1. The molecule has 2 aromatic heterocycles. The molecule has 3 aromatic rings. The van der Waals surface area contributed by atoms with Crippen molar-refractivity contribution in [3.05, 3.63) is 61.5 Å². The Bertz CT molecular complexity index is 1080. The largest absolute Gasteiger partial charge is 0.329 e. The maximum absolute atomic E-state index is 12.6. The Balaban J connectivity index is 2.14. The molecule has 1 unspecified atom stereocenters. The Labute approximate surface area is 168 Å². The summed E-state index contributed by atoms with van der Waals surface area (Å²) in [5.74, 6) is 0.787. The topological polar surface area (TPSA) is 77.1 Å². The molecule has 0 radical (unpaired) electrons. The molecular formula is C20H27ClN5O2+. The van der Waals surface area contributed by atoms with E-state index in [4.69, 9.17) is 16.6 Å². The lowest BCUT2D eigenvalue weighted by molar-refractivity contribution is -0.913. The van der Waals surface area contributed by atoms with Gasteiger partial charge in [-0.2, -0.15) is 0 Å². The summed E-state index contributed by atoms with van der Waals surface area (Å²) >= 11 is 6.36. The molecule has 0 saturated heterocycles. The number of aryl methyl sites for hydroxylation is 1. The number of nitrogens with zero attached hydrogens (tertiary/aromatic N) is 3. The van der Waals surface area contributed by atoms with Crippen molar-refractivity contribution in [1.29, 1.82) is 0 Å². The van der Waals surface area contributed by atoms with Crippen LogP contribution in [0.3, 0.4) is 0 Å². The summed E-state index contributed by atoms with van der Waals surface area (Å²) in [7, 11) is 1.62. The SMILES string of the molecule is CCCC[NH+](CC)Cc1nc2c(c(=O)[nH]c(=O)n2C)n1Cc1ccccc1Cl. The van der Waals surface area contributed by atoms with Crippen LogP contribution in [0.1, 0.15) is 38.1 Å². The molecule has 3 rings (SSSR count). The van der Waals surface area contributed by atoms with E-state index in [2.05, 4.69) is 18.8 Å². The zero-order valence-electron chi connectivity index (χ0n) is 16.6. The number of fused-ring (bicyclic) bond motifs is 1. The summed E-state index contributed by atoms with van der Waals surface area (Å²) in [5, 5.41) is 0.641. The average Bonchev–Trinajstić information content (AvgIpc) is 3.03. The van der Waals surface area contributed by atoms with Gasteiger partial charge in [0.1, 0.15) is 6.54 Å². The molecule has 2 heterocycles. The summed E-state index contributed by atoms with van der Waals surface area (Å²) < 4.78 is 3.29. The highest BCUT2D eigenvalue weighted by atomic mass is 35.5. The highest BCUT2D eigenvalue weighted by Gasteiger charge is 2.21. The van der Waals surface area contributed by atoms with Crippen LogP contribution in [-0.2, 0) is 20.1 Å². The second-order valence-electron chi connectivity index (χ2n) is 7.08. The number of halogens is 1. The van der Waals surface area contributed by atoms with Gasteiger partial charge in [-0.1, -0.05) is 43.1 Å². The predicted octanol–water partition coefficient (Wildman–Crippen LogP) is 1.33. The van der Waals surface area contributed by atoms with Gasteiger partial charge in [0.25, 0.3) is 5.56 Å². The quantitative estimate of drug-likeness (QED) is 0.594. The first-order valence-electron chi connectivity index (χ1n) is 9.71. The number of hydrogen-bond acceptors (Lipinski definition) is 3. The van der Waals surface area contributed by atoms with Gasteiger partial charge < -0.3 is 9.47 Å². The minimum atomic E-state index is -0.461. The van der Waals surface area contributed by atoms with E-state index in [1.54, 1.807) is 7.05 Å². The van der Waals surface area contributed by atoms with Crippen LogP contribution in [0.2, 0.25) is 5.02 Å². The van der Waals surface area contributed by atoms with Gasteiger partial charge in [-0.05, 0) is 25.0 Å². The van der Waals surface area contributed by atoms with Crippen LogP contribution >= 0.6 is 11.6 Å². The predicted molar refractivity (Wildman–Crippen MR) is 111 cm³/mol. The third kappa shape index (κ3) is 4.05. The molecule has 0 aliphatic heterocycles. The maximum atomic E-state index is 12.6. The van der Waals surface area contributed by atoms with Crippen LogP contribution in [0.5, 0.6) is 0 Å². The Hall–Kier alpha value is -2.38. The fourth-order valence-electron chi connectivity index (χ4n) is 3.42. The Morgan fingerprint density at radius 3 is 2.64 bits per heavy atom. The molecule has 1 aromatic carbocycles. The normalized spacial score (nSPS) is 12.6. The van der Waals surface area contributed by atoms with E-state index < -0.39 is 11.2 Å². The zero-order valence-corrected chi connectivity index (χ0v) is 17.3. The Morgan fingerprint density at radius 2 is 1.96 bits per heavy atom. The van der Waals surface area contributed by atoms with E-state index >= 15 is 0 Å². The smallest absolute Gasteiger partial charge is 0.329 e. The molecule has 0 aliphatic carbocycles. The molecule has 28 heavy (non-hydrogen) atoms. The van der Waals surface area contributed by atoms with Crippen molar-refractivity contribution in [2.24, 2.45) is 7.05 Å². The van der Waals surface area contributed by atoms with Crippen LogP contribution in [0.15, 0.2) is 33.9 Å². The minimum absolute atomic E-state index is 0.404. The lowest BCUT2D eigenvalue weighted by Crippen LogP contribution is -3.10. The number of aromatic nitrogens is 4. The maximum Gasteiger partial charge on any atom is 0.329 e. The summed E-state index contributed by atoms with van der Waals surface area (Å²) in [6.45, 7) is 7.44. The van der Waals surface area contributed by atoms with E-state index in [-0.39, 0.29) is 0 Å². The summed E-state index contributed by atoms with van der Waals surface area (Å²) in [6.07, 6.45) is 2.26. The number of rotatable bonds is 8. The summed E-state index contributed by atoms with van der Waals surface area (Å²) in [4.78, 5) is 33.1. The Kier molecular flexibility index (Phi) is 6.36. The van der Waals surface area contributed by atoms with E-state index in [9.17, 15) is 9.59 Å². The molecule has 7 nitrogen and oxygen atoms in total. The molecule has 0 saturated carbocycles. The van der Waals surface area contributed by atoms with Gasteiger partial charge in [-0.25, -0.2) is 9.78 Å². The second kappa shape index (κ2) is 8.75. The van der Waals surface area contributed by atoms with Gasteiger partial charge in [0.15, 0.2) is 17.0 Å². The number of imidazole rings is 1. The highest BCUT2D eigenvalue weighted by Crippen LogP contribution is 2.19. The number of hydrogen-bond donors (Lipinski definition) is 2. The second-order valence-corrected chi connectivity index (χ2v) is 7.49. The molecule has 0 bridgehead atoms. The van der Waals surface area contributed by atoms with Crippen molar-refractivity contribution in [1.82, 2.24) is 19.1 Å². The van der Waals surface area contributed by atoms with Gasteiger partial charge >= 0.3 is 5.69 Å². The van der Waals surface area contributed by atoms with Gasteiger partial charge in [-0.3, -0.25) is 14.3 Å².